The van der Waals surface area contributed by atoms with Crippen molar-refractivity contribution in [2.75, 3.05) is 11.1 Å². The van der Waals surface area contributed by atoms with Gasteiger partial charge in [-0.1, -0.05) is 46.6 Å². The summed E-state index contributed by atoms with van der Waals surface area (Å²) in [5.74, 6) is 1.03. The number of rotatable bonds is 5. The molecule has 6 nitrogen and oxygen atoms in total. The zero-order valence-electron chi connectivity index (χ0n) is 13.4. The van der Waals surface area contributed by atoms with Crippen LogP contribution in [0.4, 0.5) is 5.82 Å². The van der Waals surface area contributed by atoms with Crippen molar-refractivity contribution in [3.63, 3.8) is 0 Å². The number of hydrogen-bond acceptors (Lipinski definition) is 5. The molecule has 0 aliphatic heterocycles. The highest BCUT2D eigenvalue weighted by Gasteiger charge is 2.14. The maximum absolute atomic E-state index is 12.0. The summed E-state index contributed by atoms with van der Waals surface area (Å²) in [6.07, 6.45) is 1.47. The van der Waals surface area contributed by atoms with Crippen molar-refractivity contribution in [2.45, 2.75) is 5.16 Å². The van der Waals surface area contributed by atoms with Gasteiger partial charge in [0.25, 0.3) is 0 Å². The van der Waals surface area contributed by atoms with Crippen LogP contribution in [0.1, 0.15) is 0 Å². The van der Waals surface area contributed by atoms with Crippen molar-refractivity contribution in [3.05, 3.63) is 51.6 Å². The van der Waals surface area contributed by atoms with Gasteiger partial charge < -0.3 is 9.88 Å². The molecule has 0 radical (unpaired) electrons. The molecule has 3 rings (SSSR count). The molecule has 2 heterocycles. The van der Waals surface area contributed by atoms with E-state index in [4.69, 9.17) is 34.8 Å². The smallest absolute Gasteiger partial charge is 0.236 e. The minimum atomic E-state index is -0.205. The molecule has 0 saturated heterocycles. The summed E-state index contributed by atoms with van der Waals surface area (Å²) in [5, 5.41) is 13.0. The predicted octanol–water partition coefficient (Wildman–Crippen LogP) is 4.57. The largest absolute Gasteiger partial charge is 0.310 e. The van der Waals surface area contributed by atoms with E-state index >= 15 is 0 Å². The van der Waals surface area contributed by atoms with Crippen LogP contribution in [0.25, 0.3) is 11.4 Å². The summed E-state index contributed by atoms with van der Waals surface area (Å²) in [4.78, 5) is 16.1. The molecule has 2 aromatic heterocycles. The number of nitrogens with zero attached hydrogens (tertiary/aromatic N) is 4. The summed E-state index contributed by atoms with van der Waals surface area (Å²) >= 11 is 19.0. The van der Waals surface area contributed by atoms with Crippen molar-refractivity contribution < 1.29 is 4.79 Å². The summed E-state index contributed by atoms with van der Waals surface area (Å²) in [6, 6.07) is 8.53. The highest BCUT2D eigenvalue weighted by Crippen LogP contribution is 2.29. The molecule has 0 unspecified atom stereocenters. The Hall–Kier alpha value is -1.80. The fourth-order valence-electron chi connectivity index (χ4n) is 2.09. The van der Waals surface area contributed by atoms with E-state index in [0.29, 0.717) is 31.9 Å². The number of halogens is 3. The highest BCUT2D eigenvalue weighted by atomic mass is 35.5. The Kier molecular flexibility index (Phi) is 6.03. The van der Waals surface area contributed by atoms with E-state index in [2.05, 4.69) is 20.5 Å². The Morgan fingerprint density at radius 3 is 2.65 bits per heavy atom. The lowest BCUT2D eigenvalue weighted by Crippen LogP contribution is -2.15. The number of pyridine rings is 1. The zero-order chi connectivity index (χ0) is 18.7. The summed E-state index contributed by atoms with van der Waals surface area (Å²) in [6.45, 7) is 0. The van der Waals surface area contributed by atoms with Crippen LogP contribution in [0.15, 0.2) is 41.7 Å². The summed E-state index contributed by atoms with van der Waals surface area (Å²) in [5.41, 5.74) is 0.788. The number of benzene rings is 1. The molecular formula is C16H12Cl3N5OS. The van der Waals surface area contributed by atoms with Crippen molar-refractivity contribution in [1.82, 2.24) is 19.7 Å². The summed E-state index contributed by atoms with van der Waals surface area (Å²) in [7, 11) is 1.82. The van der Waals surface area contributed by atoms with Crippen LogP contribution >= 0.6 is 46.6 Å². The third-order valence-corrected chi connectivity index (χ3v) is 5.32. The minimum Gasteiger partial charge on any atom is -0.310 e. The van der Waals surface area contributed by atoms with E-state index in [9.17, 15) is 4.79 Å². The first-order chi connectivity index (χ1) is 12.4. The molecule has 0 fully saturated rings. The molecule has 0 saturated carbocycles. The van der Waals surface area contributed by atoms with E-state index in [1.54, 1.807) is 28.8 Å². The fraction of sp³-hybridized carbons (Fsp3) is 0.125. The van der Waals surface area contributed by atoms with E-state index in [0.717, 1.165) is 5.56 Å². The number of anilines is 1. The van der Waals surface area contributed by atoms with Crippen LogP contribution in [-0.4, -0.2) is 31.4 Å². The van der Waals surface area contributed by atoms with Gasteiger partial charge in [-0.15, -0.1) is 10.2 Å². The summed E-state index contributed by atoms with van der Waals surface area (Å²) < 4.78 is 1.79. The lowest BCUT2D eigenvalue weighted by Gasteiger charge is -2.06. The molecule has 10 heteroatoms. The second kappa shape index (κ2) is 8.26. The Balaban J connectivity index is 1.65. The molecule has 26 heavy (non-hydrogen) atoms. The second-order valence-corrected chi connectivity index (χ2v) is 7.39. The highest BCUT2D eigenvalue weighted by molar-refractivity contribution is 7.99. The van der Waals surface area contributed by atoms with Gasteiger partial charge in [0.1, 0.15) is 5.82 Å². The first-order valence-corrected chi connectivity index (χ1v) is 9.45. The monoisotopic (exact) mass is 427 g/mol. The molecule has 0 aliphatic rings. The predicted molar refractivity (Wildman–Crippen MR) is 105 cm³/mol. The molecule has 3 aromatic rings. The van der Waals surface area contributed by atoms with Gasteiger partial charge in [-0.25, -0.2) is 4.98 Å². The van der Waals surface area contributed by atoms with Crippen LogP contribution in [0.5, 0.6) is 0 Å². The van der Waals surface area contributed by atoms with Crippen LogP contribution in [0.2, 0.25) is 15.1 Å². The normalized spacial score (nSPS) is 10.8. The molecule has 1 amide bonds. The second-order valence-electron chi connectivity index (χ2n) is 5.19. The lowest BCUT2D eigenvalue weighted by molar-refractivity contribution is -0.113. The molecule has 1 aromatic carbocycles. The molecular weight excluding hydrogens is 417 g/mol. The van der Waals surface area contributed by atoms with Crippen LogP contribution < -0.4 is 5.32 Å². The van der Waals surface area contributed by atoms with Gasteiger partial charge in [-0.3, -0.25) is 4.79 Å². The van der Waals surface area contributed by atoms with Crippen molar-refractivity contribution in [1.29, 1.82) is 0 Å². The average Bonchev–Trinajstić information content (AvgIpc) is 2.98. The van der Waals surface area contributed by atoms with Crippen molar-refractivity contribution >= 4 is 58.3 Å². The van der Waals surface area contributed by atoms with Gasteiger partial charge in [-0.2, -0.15) is 0 Å². The van der Waals surface area contributed by atoms with E-state index in [1.807, 2.05) is 13.1 Å². The van der Waals surface area contributed by atoms with E-state index in [1.165, 1.54) is 18.0 Å². The maximum atomic E-state index is 12.0. The third kappa shape index (κ3) is 4.48. The Morgan fingerprint density at radius 2 is 1.96 bits per heavy atom. The Labute approximate surface area is 168 Å². The zero-order valence-corrected chi connectivity index (χ0v) is 16.5. The number of carbonyl (C=O) groups is 1. The molecule has 0 bridgehead atoms. The number of amides is 1. The van der Waals surface area contributed by atoms with Crippen LogP contribution in [0.3, 0.4) is 0 Å². The minimum absolute atomic E-state index is 0.164. The SMILES string of the molecule is Cn1c(SCC(=O)Nc2ccc(Cl)cn2)nnc1-c1ccc(Cl)c(Cl)c1. The third-order valence-electron chi connectivity index (χ3n) is 3.34. The van der Waals surface area contributed by atoms with Gasteiger partial charge >= 0.3 is 0 Å². The van der Waals surface area contributed by atoms with Gasteiger partial charge in [-0.05, 0) is 30.3 Å². The first-order valence-electron chi connectivity index (χ1n) is 7.33. The van der Waals surface area contributed by atoms with Gasteiger partial charge in [0, 0.05) is 18.8 Å². The topological polar surface area (TPSA) is 72.7 Å². The lowest BCUT2D eigenvalue weighted by atomic mass is 10.2. The number of thioether (sulfide) groups is 1. The molecule has 0 spiro atoms. The number of hydrogen-bond donors (Lipinski definition) is 1. The molecule has 134 valence electrons. The van der Waals surface area contributed by atoms with Gasteiger partial charge in [0.2, 0.25) is 5.91 Å². The fourth-order valence-corrected chi connectivity index (χ4v) is 3.21. The molecule has 1 N–H and O–H groups in total. The van der Waals surface area contributed by atoms with E-state index in [-0.39, 0.29) is 11.7 Å². The van der Waals surface area contributed by atoms with Crippen molar-refractivity contribution in [2.24, 2.45) is 7.05 Å². The average molecular weight is 429 g/mol. The van der Waals surface area contributed by atoms with Crippen LogP contribution in [-0.2, 0) is 11.8 Å². The van der Waals surface area contributed by atoms with E-state index < -0.39 is 0 Å². The number of carbonyl (C=O) groups excluding carboxylic acids is 1. The Morgan fingerprint density at radius 1 is 1.15 bits per heavy atom. The first kappa shape index (κ1) is 19.0. The molecule has 0 aliphatic carbocycles. The van der Waals surface area contributed by atoms with Gasteiger partial charge in [0.05, 0.1) is 20.8 Å². The maximum Gasteiger partial charge on any atom is 0.236 e. The number of nitrogens with one attached hydrogen (secondary N) is 1. The van der Waals surface area contributed by atoms with Gasteiger partial charge in [0.15, 0.2) is 11.0 Å². The van der Waals surface area contributed by atoms with Crippen LogP contribution in [0, 0.1) is 0 Å². The quantitative estimate of drug-likeness (QED) is 0.603. The Bertz CT molecular complexity index is 946. The number of aromatic nitrogens is 4. The standard InChI is InChI=1S/C16H12Cl3N5OS/c1-24-15(9-2-4-11(18)12(19)6-9)22-23-16(24)26-8-14(25)21-13-5-3-10(17)7-20-13/h2-7H,8H2,1H3,(H,20,21,25). The van der Waals surface area contributed by atoms with Crippen molar-refractivity contribution in [3.8, 4) is 11.4 Å². The molecule has 0 atom stereocenters.